The average molecular weight is 263 g/mol. The zero-order valence-corrected chi connectivity index (χ0v) is 9.99. The van der Waals surface area contributed by atoms with E-state index in [2.05, 4.69) is 0 Å². The van der Waals surface area contributed by atoms with Crippen molar-refractivity contribution in [2.75, 3.05) is 12.3 Å². The van der Waals surface area contributed by atoms with Gasteiger partial charge in [0.05, 0.1) is 5.75 Å². The second kappa shape index (κ2) is 5.95. The number of thioether (sulfide) groups is 1. The van der Waals surface area contributed by atoms with Crippen LogP contribution in [0.15, 0.2) is 29.2 Å². The average Bonchev–Trinajstić information content (AvgIpc) is 2.24. The van der Waals surface area contributed by atoms with Gasteiger partial charge in [0.2, 0.25) is 5.91 Å². The summed E-state index contributed by atoms with van der Waals surface area (Å²) >= 11 is 1.23. The van der Waals surface area contributed by atoms with Gasteiger partial charge in [0.25, 0.3) is 0 Å². The van der Waals surface area contributed by atoms with Gasteiger partial charge in [-0.25, -0.2) is 0 Å². The molecule has 1 rings (SSSR count). The number of hydrogen-bond acceptors (Lipinski definition) is 2. The lowest BCUT2D eigenvalue weighted by Crippen LogP contribution is -2.34. The number of alkyl halides is 3. The van der Waals surface area contributed by atoms with Crippen LogP contribution in [0.5, 0.6) is 0 Å². The SMILES string of the molecule is Cc1ccccc1SCC(=O)NCC(F)(F)F. The van der Waals surface area contributed by atoms with Gasteiger partial charge < -0.3 is 5.32 Å². The van der Waals surface area contributed by atoms with Crippen LogP contribution >= 0.6 is 11.8 Å². The number of aryl methyl sites for hydroxylation is 1. The molecule has 17 heavy (non-hydrogen) atoms. The van der Waals surface area contributed by atoms with Crippen LogP contribution in [0, 0.1) is 6.92 Å². The van der Waals surface area contributed by atoms with Crippen LogP contribution < -0.4 is 5.32 Å². The Morgan fingerprint density at radius 2 is 2.00 bits per heavy atom. The van der Waals surface area contributed by atoms with Crippen LogP contribution in [0.2, 0.25) is 0 Å². The van der Waals surface area contributed by atoms with Gasteiger partial charge in [0.1, 0.15) is 6.54 Å². The molecule has 0 bridgehead atoms. The van der Waals surface area contributed by atoms with E-state index in [1.54, 1.807) is 0 Å². The second-order valence-corrected chi connectivity index (χ2v) is 4.46. The van der Waals surface area contributed by atoms with E-state index < -0.39 is 18.6 Å². The van der Waals surface area contributed by atoms with Crippen molar-refractivity contribution in [1.29, 1.82) is 0 Å². The first-order valence-corrected chi connectivity index (χ1v) is 5.89. The highest BCUT2D eigenvalue weighted by atomic mass is 32.2. The zero-order valence-electron chi connectivity index (χ0n) is 9.17. The summed E-state index contributed by atoms with van der Waals surface area (Å²) in [6.07, 6.45) is -4.36. The minimum absolute atomic E-state index is 0.0130. The van der Waals surface area contributed by atoms with Gasteiger partial charge in [-0.3, -0.25) is 4.79 Å². The quantitative estimate of drug-likeness (QED) is 0.846. The molecule has 2 nitrogen and oxygen atoms in total. The molecule has 0 spiro atoms. The van der Waals surface area contributed by atoms with Crippen LogP contribution in [-0.2, 0) is 4.79 Å². The van der Waals surface area contributed by atoms with E-state index in [0.717, 1.165) is 10.5 Å². The van der Waals surface area contributed by atoms with Crippen molar-refractivity contribution < 1.29 is 18.0 Å². The maximum Gasteiger partial charge on any atom is 0.405 e. The molecule has 1 aromatic carbocycles. The van der Waals surface area contributed by atoms with Crippen LogP contribution in [0.4, 0.5) is 13.2 Å². The third-order valence-electron chi connectivity index (χ3n) is 1.94. The van der Waals surface area contributed by atoms with Gasteiger partial charge in [0.15, 0.2) is 0 Å². The molecule has 6 heteroatoms. The van der Waals surface area contributed by atoms with Crippen molar-refractivity contribution in [3.63, 3.8) is 0 Å². The van der Waals surface area contributed by atoms with E-state index in [1.165, 1.54) is 11.8 Å². The molecule has 0 fully saturated rings. The zero-order chi connectivity index (χ0) is 12.9. The minimum atomic E-state index is -4.36. The summed E-state index contributed by atoms with van der Waals surface area (Å²) in [5.41, 5.74) is 1.00. The highest BCUT2D eigenvalue weighted by Gasteiger charge is 2.27. The van der Waals surface area contributed by atoms with Gasteiger partial charge in [-0.15, -0.1) is 11.8 Å². The first-order chi connectivity index (χ1) is 7.88. The lowest BCUT2D eigenvalue weighted by molar-refractivity contribution is -0.136. The summed E-state index contributed by atoms with van der Waals surface area (Å²) < 4.78 is 35.5. The Morgan fingerprint density at radius 3 is 2.59 bits per heavy atom. The van der Waals surface area contributed by atoms with Crippen molar-refractivity contribution >= 4 is 17.7 Å². The minimum Gasteiger partial charge on any atom is -0.346 e. The van der Waals surface area contributed by atoms with Gasteiger partial charge in [-0.2, -0.15) is 13.2 Å². The Labute approximate surface area is 102 Å². The summed E-state index contributed by atoms with van der Waals surface area (Å²) in [4.78, 5) is 12.0. The Kier molecular flexibility index (Phi) is 4.86. The topological polar surface area (TPSA) is 29.1 Å². The number of benzene rings is 1. The predicted octanol–water partition coefficient (Wildman–Crippen LogP) is 2.77. The largest absolute Gasteiger partial charge is 0.405 e. The van der Waals surface area contributed by atoms with Crippen molar-refractivity contribution in [2.24, 2.45) is 0 Å². The van der Waals surface area contributed by atoms with Crippen molar-refractivity contribution in [3.8, 4) is 0 Å². The monoisotopic (exact) mass is 263 g/mol. The van der Waals surface area contributed by atoms with Crippen LogP contribution in [0.1, 0.15) is 5.56 Å². The van der Waals surface area contributed by atoms with Crippen molar-refractivity contribution in [2.45, 2.75) is 18.0 Å². The van der Waals surface area contributed by atoms with Gasteiger partial charge in [-0.1, -0.05) is 18.2 Å². The molecule has 1 amide bonds. The van der Waals surface area contributed by atoms with Gasteiger partial charge >= 0.3 is 6.18 Å². The maximum atomic E-state index is 11.8. The highest BCUT2D eigenvalue weighted by molar-refractivity contribution is 8.00. The molecule has 0 aromatic heterocycles. The molecule has 0 saturated heterocycles. The summed E-state index contributed by atoms with van der Waals surface area (Å²) in [7, 11) is 0. The maximum absolute atomic E-state index is 11.8. The van der Waals surface area contributed by atoms with Crippen molar-refractivity contribution in [3.05, 3.63) is 29.8 Å². The third kappa shape index (κ3) is 5.63. The van der Waals surface area contributed by atoms with E-state index in [-0.39, 0.29) is 5.75 Å². The molecule has 0 aliphatic carbocycles. The molecule has 1 N–H and O–H groups in total. The van der Waals surface area contributed by atoms with E-state index in [9.17, 15) is 18.0 Å². The normalized spacial score (nSPS) is 11.3. The molecule has 0 unspecified atom stereocenters. The fourth-order valence-corrected chi connectivity index (χ4v) is 1.97. The van der Waals surface area contributed by atoms with E-state index in [1.807, 2.05) is 36.5 Å². The second-order valence-electron chi connectivity index (χ2n) is 3.45. The number of amides is 1. The first-order valence-electron chi connectivity index (χ1n) is 4.90. The number of nitrogens with one attached hydrogen (secondary N) is 1. The summed E-state index contributed by atoms with van der Waals surface area (Å²) in [5.74, 6) is -0.628. The Balaban J connectivity index is 2.36. The number of carbonyl (C=O) groups excluding carboxylic acids is 1. The summed E-state index contributed by atoms with van der Waals surface area (Å²) in [6, 6.07) is 7.40. The van der Waals surface area contributed by atoms with Crippen LogP contribution in [0.3, 0.4) is 0 Å². The molecule has 0 saturated carbocycles. The van der Waals surface area contributed by atoms with Crippen molar-refractivity contribution in [1.82, 2.24) is 5.32 Å². The molecule has 0 atom stereocenters. The molecular formula is C11H12F3NOS. The standard InChI is InChI=1S/C11H12F3NOS/c1-8-4-2-3-5-9(8)17-6-10(16)15-7-11(12,13)14/h2-5H,6-7H2,1H3,(H,15,16). The number of halogens is 3. The van der Waals surface area contributed by atoms with Gasteiger partial charge in [0, 0.05) is 4.90 Å². The lowest BCUT2D eigenvalue weighted by atomic mass is 10.2. The summed E-state index contributed by atoms with van der Waals surface area (Å²) in [5, 5.41) is 1.83. The van der Waals surface area contributed by atoms with Crippen LogP contribution in [-0.4, -0.2) is 24.4 Å². The molecular weight excluding hydrogens is 251 g/mol. The Bertz CT molecular complexity index is 393. The first kappa shape index (κ1) is 13.9. The predicted molar refractivity (Wildman–Crippen MR) is 61.0 cm³/mol. The summed E-state index contributed by atoms with van der Waals surface area (Å²) in [6.45, 7) is 0.607. The fraction of sp³-hybridized carbons (Fsp3) is 0.364. The molecule has 94 valence electrons. The number of rotatable bonds is 4. The van der Waals surface area contributed by atoms with E-state index in [0.29, 0.717) is 0 Å². The third-order valence-corrected chi connectivity index (χ3v) is 3.11. The molecule has 0 heterocycles. The number of hydrogen-bond donors (Lipinski definition) is 1. The number of carbonyl (C=O) groups is 1. The Hall–Kier alpha value is -1.17. The molecule has 0 radical (unpaired) electrons. The van der Waals surface area contributed by atoms with E-state index in [4.69, 9.17) is 0 Å². The fourth-order valence-electron chi connectivity index (χ4n) is 1.11. The van der Waals surface area contributed by atoms with Crippen LogP contribution in [0.25, 0.3) is 0 Å². The molecule has 0 aliphatic heterocycles. The smallest absolute Gasteiger partial charge is 0.346 e. The molecule has 0 aliphatic rings. The van der Waals surface area contributed by atoms with E-state index >= 15 is 0 Å². The Morgan fingerprint density at radius 1 is 1.35 bits per heavy atom. The highest BCUT2D eigenvalue weighted by Crippen LogP contribution is 2.21. The molecule has 1 aromatic rings. The lowest BCUT2D eigenvalue weighted by Gasteiger charge is -2.08. The van der Waals surface area contributed by atoms with Gasteiger partial charge in [-0.05, 0) is 18.6 Å².